The molecule has 0 aliphatic carbocycles. The van der Waals surface area contributed by atoms with Gasteiger partial charge in [-0.25, -0.2) is 9.78 Å². The summed E-state index contributed by atoms with van der Waals surface area (Å²) in [6.07, 6.45) is 3.70. The van der Waals surface area contributed by atoms with Gasteiger partial charge in [0.2, 0.25) is 5.82 Å². The normalized spacial score (nSPS) is 10.0. The Morgan fingerprint density at radius 1 is 1.31 bits per heavy atom. The molecule has 0 fully saturated rings. The van der Waals surface area contributed by atoms with Crippen molar-refractivity contribution in [1.82, 2.24) is 9.55 Å². The first-order valence-corrected chi connectivity index (χ1v) is 4.54. The molecule has 0 saturated carbocycles. The molecule has 0 amide bonds. The number of nitrogens with zero attached hydrogens (tertiary/aromatic N) is 2. The highest BCUT2D eigenvalue weighted by molar-refractivity contribution is 5.84. The highest BCUT2D eigenvalue weighted by Crippen LogP contribution is 2.11. The number of rotatable bonds is 3. The minimum atomic E-state index is -1.09. The van der Waals surface area contributed by atoms with Crippen molar-refractivity contribution in [2.24, 2.45) is 0 Å². The van der Waals surface area contributed by atoms with E-state index in [0.717, 1.165) is 6.29 Å². The van der Waals surface area contributed by atoms with Gasteiger partial charge < -0.3 is 5.11 Å². The van der Waals surface area contributed by atoms with Crippen LogP contribution in [0.5, 0.6) is 0 Å². The lowest BCUT2D eigenvalue weighted by Gasteiger charge is -2.04. The van der Waals surface area contributed by atoms with E-state index in [1.807, 2.05) is 0 Å². The Hall–Kier alpha value is -2.43. The van der Waals surface area contributed by atoms with Gasteiger partial charge in [0.15, 0.2) is 0 Å². The standard InChI is InChI=1S/C11H8N2O3/c14-7-8-1-3-9(4-2-8)13-6-5-12-10(13)11(15)16/h1-7H,(H,15,16). The van der Waals surface area contributed by atoms with Crippen LogP contribution in [-0.4, -0.2) is 26.9 Å². The smallest absolute Gasteiger partial charge is 0.372 e. The lowest BCUT2D eigenvalue weighted by atomic mass is 10.2. The maximum atomic E-state index is 10.8. The van der Waals surface area contributed by atoms with Crippen molar-refractivity contribution in [3.8, 4) is 5.69 Å². The van der Waals surface area contributed by atoms with Crippen LogP contribution < -0.4 is 0 Å². The second kappa shape index (κ2) is 3.98. The maximum Gasteiger partial charge on any atom is 0.372 e. The Balaban J connectivity index is 2.46. The highest BCUT2D eigenvalue weighted by Gasteiger charge is 2.11. The summed E-state index contributed by atoms with van der Waals surface area (Å²) in [5.74, 6) is -1.15. The summed E-state index contributed by atoms with van der Waals surface area (Å²) < 4.78 is 1.44. The van der Waals surface area contributed by atoms with Crippen molar-refractivity contribution in [3.63, 3.8) is 0 Å². The van der Waals surface area contributed by atoms with Gasteiger partial charge in [-0.05, 0) is 24.3 Å². The zero-order valence-corrected chi connectivity index (χ0v) is 8.20. The Kier molecular flexibility index (Phi) is 2.51. The van der Waals surface area contributed by atoms with E-state index in [0.29, 0.717) is 11.3 Å². The van der Waals surface area contributed by atoms with Crippen LogP contribution in [0, 0.1) is 0 Å². The van der Waals surface area contributed by atoms with E-state index in [-0.39, 0.29) is 5.82 Å². The van der Waals surface area contributed by atoms with Gasteiger partial charge in [0.25, 0.3) is 0 Å². The van der Waals surface area contributed by atoms with Crippen molar-refractivity contribution in [2.75, 3.05) is 0 Å². The number of hydrogen-bond donors (Lipinski definition) is 1. The quantitative estimate of drug-likeness (QED) is 0.787. The van der Waals surface area contributed by atoms with Crippen molar-refractivity contribution in [3.05, 3.63) is 48.0 Å². The second-order valence-electron chi connectivity index (χ2n) is 3.14. The molecule has 0 unspecified atom stereocenters. The molecule has 0 aliphatic rings. The molecular formula is C11H8N2O3. The largest absolute Gasteiger partial charge is 0.475 e. The Bertz CT molecular complexity index is 528. The fourth-order valence-electron chi connectivity index (χ4n) is 1.38. The minimum absolute atomic E-state index is 0.0566. The second-order valence-corrected chi connectivity index (χ2v) is 3.14. The van der Waals surface area contributed by atoms with Gasteiger partial charge in [0, 0.05) is 23.6 Å². The summed E-state index contributed by atoms with van der Waals surface area (Å²) in [4.78, 5) is 25.0. The van der Waals surface area contributed by atoms with Gasteiger partial charge in [-0.1, -0.05) is 0 Å². The Labute approximate surface area is 91.0 Å². The monoisotopic (exact) mass is 216 g/mol. The first-order chi connectivity index (χ1) is 7.72. The zero-order chi connectivity index (χ0) is 11.5. The van der Waals surface area contributed by atoms with E-state index in [9.17, 15) is 9.59 Å². The van der Waals surface area contributed by atoms with Crippen LogP contribution >= 0.6 is 0 Å². The topological polar surface area (TPSA) is 72.2 Å². The molecule has 1 aromatic heterocycles. The van der Waals surface area contributed by atoms with Gasteiger partial charge >= 0.3 is 5.97 Å². The van der Waals surface area contributed by atoms with Crippen LogP contribution in [0.15, 0.2) is 36.7 Å². The third kappa shape index (κ3) is 1.70. The molecule has 5 nitrogen and oxygen atoms in total. The molecule has 16 heavy (non-hydrogen) atoms. The first-order valence-electron chi connectivity index (χ1n) is 4.54. The number of aldehydes is 1. The predicted molar refractivity (Wildman–Crippen MR) is 55.9 cm³/mol. The molecule has 0 saturated heterocycles. The molecule has 0 aliphatic heterocycles. The van der Waals surface area contributed by atoms with Crippen LogP contribution in [0.1, 0.15) is 21.0 Å². The number of aromatic nitrogens is 2. The molecule has 0 atom stereocenters. The van der Waals surface area contributed by atoms with Crippen LogP contribution in [0.2, 0.25) is 0 Å². The van der Waals surface area contributed by atoms with Gasteiger partial charge in [0.1, 0.15) is 6.29 Å². The molecule has 1 heterocycles. The number of hydrogen-bond acceptors (Lipinski definition) is 3. The highest BCUT2D eigenvalue weighted by atomic mass is 16.4. The molecule has 0 bridgehead atoms. The predicted octanol–water partition coefficient (Wildman–Crippen LogP) is 1.38. The number of carbonyl (C=O) groups is 2. The number of carboxylic acids is 1. The van der Waals surface area contributed by atoms with Crippen molar-refractivity contribution in [2.45, 2.75) is 0 Å². The molecule has 1 aromatic carbocycles. The number of benzene rings is 1. The Morgan fingerprint density at radius 3 is 2.56 bits per heavy atom. The summed E-state index contributed by atoms with van der Waals surface area (Å²) in [6, 6.07) is 6.57. The van der Waals surface area contributed by atoms with E-state index in [1.54, 1.807) is 30.5 Å². The fourth-order valence-corrected chi connectivity index (χ4v) is 1.38. The van der Waals surface area contributed by atoms with E-state index in [2.05, 4.69) is 4.98 Å². The third-order valence-electron chi connectivity index (χ3n) is 2.14. The van der Waals surface area contributed by atoms with Gasteiger partial charge in [0.05, 0.1) is 0 Å². The third-order valence-corrected chi connectivity index (χ3v) is 2.14. The van der Waals surface area contributed by atoms with Gasteiger partial charge in [-0.3, -0.25) is 9.36 Å². The summed E-state index contributed by atoms with van der Waals surface area (Å²) in [5, 5.41) is 8.88. The molecule has 2 aromatic rings. The van der Waals surface area contributed by atoms with Crippen LogP contribution in [0.25, 0.3) is 5.69 Å². The lowest BCUT2D eigenvalue weighted by Crippen LogP contribution is -2.07. The van der Waals surface area contributed by atoms with Crippen LogP contribution in [0.4, 0.5) is 0 Å². The minimum Gasteiger partial charge on any atom is -0.475 e. The van der Waals surface area contributed by atoms with Crippen molar-refractivity contribution in [1.29, 1.82) is 0 Å². The van der Waals surface area contributed by atoms with Gasteiger partial charge in [-0.2, -0.15) is 0 Å². The summed E-state index contributed by atoms with van der Waals surface area (Å²) in [7, 11) is 0. The summed E-state index contributed by atoms with van der Waals surface area (Å²) in [5.41, 5.74) is 1.20. The zero-order valence-electron chi connectivity index (χ0n) is 8.20. The molecule has 5 heteroatoms. The summed E-state index contributed by atoms with van der Waals surface area (Å²) >= 11 is 0. The summed E-state index contributed by atoms with van der Waals surface area (Å²) in [6.45, 7) is 0. The van der Waals surface area contributed by atoms with E-state index < -0.39 is 5.97 Å². The van der Waals surface area contributed by atoms with E-state index in [1.165, 1.54) is 10.8 Å². The van der Waals surface area contributed by atoms with E-state index in [4.69, 9.17) is 5.11 Å². The Morgan fingerprint density at radius 2 is 2.00 bits per heavy atom. The number of imidazole rings is 1. The molecule has 0 radical (unpaired) electrons. The molecule has 2 rings (SSSR count). The molecule has 1 N–H and O–H groups in total. The van der Waals surface area contributed by atoms with Crippen molar-refractivity contribution < 1.29 is 14.7 Å². The van der Waals surface area contributed by atoms with E-state index >= 15 is 0 Å². The number of carboxylic acid groups (broad SMARTS) is 1. The van der Waals surface area contributed by atoms with Crippen LogP contribution in [0.3, 0.4) is 0 Å². The number of aromatic carboxylic acids is 1. The molecule has 0 spiro atoms. The molecule has 80 valence electrons. The molecular weight excluding hydrogens is 208 g/mol. The fraction of sp³-hybridized carbons (Fsp3) is 0. The van der Waals surface area contributed by atoms with Crippen molar-refractivity contribution >= 4 is 12.3 Å². The van der Waals surface area contributed by atoms with Crippen LogP contribution in [-0.2, 0) is 0 Å². The SMILES string of the molecule is O=Cc1ccc(-n2ccnc2C(=O)O)cc1. The maximum absolute atomic E-state index is 10.8. The number of carbonyl (C=O) groups excluding carboxylic acids is 1. The van der Waals surface area contributed by atoms with Gasteiger partial charge in [-0.15, -0.1) is 0 Å². The first kappa shape index (κ1) is 10.1. The lowest BCUT2D eigenvalue weighted by molar-refractivity contribution is 0.0681. The average molecular weight is 216 g/mol. The average Bonchev–Trinajstić information content (AvgIpc) is 2.78.